The molecule has 0 spiro atoms. The van der Waals surface area contributed by atoms with Crippen LogP contribution in [0.25, 0.3) is 0 Å². The Balaban J connectivity index is 1.73. The molecule has 3 aromatic rings. The average molecular weight is 477 g/mol. The summed E-state index contributed by atoms with van der Waals surface area (Å²) in [5, 5.41) is 7.25. The summed E-state index contributed by atoms with van der Waals surface area (Å²) in [7, 11) is 1.57. The summed E-state index contributed by atoms with van der Waals surface area (Å²) in [5.41, 5.74) is 1.17. The van der Waals surface area contributed by atoms with Crippen molar-refractivity contribution < 1.29 is 23.9 Å². The quantitative estimate of drug-likeness (QED) is 0.526. The average Bonchev–Trinajstić information content (AvgIpc) is 3.28. The van der Waals surface area contributed by atoms with E-state index in [-0.39, 0.29) is 37.0 Å². The Morgan fingerprint density at radius 1 is 1.14 bits per heavy atom. The zero-order chi connectivity index (χ0) is 25.2. The maximum absolute atomic E-state index is 13.8. The maximum atomic E-state index is 13.8. The number of aryl methyl sites for hydroxylation is 1. The number of para-hydroxylation sites is 2. The highest BCUT2D eigenvalue weighted by atomic mass is 16.5. The molecule has 0 saturated heterocycles. The molecule has 9 heteroatoms. The summed E-state index contributed by atoms with van der Waals surface area (Å²) in [6.07, 6.45) is 0. The number of benzene rings is 2. The molecule has 35 heavy (non-hydrogen) atoms. The van der Waals surface area contributed by atoms with Crippen LogP contribution in [0.3, 0.4) is 0 Å². The van der Waals surface area contributed by atoms with Gasteiger partial charge in [0.15, 0.2) is 5.69 Å². The van der Waals surface area contributed by atoms with E-state index < -0.39 is 17.4 Å². The van der Waals surface area contributed by atoms with Crippen molar-refractivity contribution in [3.05, 3.63) is 77.1 Å². The number of fused-ring (bicyclic) bond motifs is 1. The predicted octanol–water partition coefficient (Wildman–Crippen LogP) is 3.11. The first-order valence-electron chi connectivity index (χ1n) is 11.4. The molecule has 1 atom stereocenters. The summed E-state index contributed by atoms with van der Waals surface area (Å²) < 4.78 is 11.8. The van der Waals surface area contributed by atoms with Crippen LogP contribution in [0.15, 0.2) is 54.6 Å². The number of nitrogens with one attached hydrogen (secondary N) is 1. The summed E-state index contributed by atoms with van der Waals surface area (Å²) in [6.45, 7) is 5.73. The smallest absolute Gasteiger partial charge is 0.358 e. The van der Waals surface area contributed by atoms with E-state index in [1.165, 1.54) is 15.6 Å². The fraction of sp³-hybridized carbons (Fsp3) is 0.308. The first-order chi connectivity index (χ1) is 16.8. The summed E-state index contributed by atoms with van der Waals surface area (Å²) in [4.78, 5) is 41.2. The van der Waals surface area contributed by atoms with Gasteiger partial charge < -0.3 is 14.8 Å². The van der Waals surface area contributed by atoms with Gasteiger partial charge in [-0.25, -0.2) is 4.79 Å². The molecule has 2 heterocycles. The van der Waals surface area contributed by atoms with E-state index >= 15 is 0 Å². The van der Waals surface area contributed by atoms with Crippen LogP contribution in [0.2, 0.25) is 0 Å². The zero-order valence-electron chi connectivity index (χ0n) is 20.2. The normalized spacial score (nSPS) is 17.0. The van der Waals surface area contributed by atoms with E-state index in [1.807, 2.05) is 49.4 Å². The highest BCUT2D eigenvalue weighted by Gasteiger charge is 2.49. The fourth-order valence-corrected chi connectivity index (χ4v) is 4.29. The number of methoxy groups -OCH3 is 1. The predicted molar refractivity (Wildman–Crippen MR) is 129 cm³/mol. The van der Waals surface area contributed by atoms with Crippen molar-refractivity contribution in [2.45, 2.75) is 39.4 Å². The minimum absolute atomic E-state index is 0.0265. The molecule has 0 unspecified atom stereocenters. The molecule has 9 nitrogen and oxygen atoms in total. The van der Waals surface area contributed by atoms with Gasteiger partial charge in [0, 0.05) is 23.9 Å². The lowest BCUT2D eigenvalue weighted by Gasteiger charge is -2.43. The van der Waals surface area contributed by atoms with Gasteiger partial charge in [0.25, 0.3) is 5.91 Å². The van der Waals surface area contributed by atoms with Crippen LogP contribution in [-0.4, -0.2) is 46.8 Å². The number of nitrogens with zero attached hydrogens (tertiary/aromatic N) is 3. The standard InChI is InChI=1S/C26H28N4O5/c1-5-35-24(32)19-14-21-23(31)30(20-12-8-6-10-17(20)2)26(3,16-29(21)28-19)25(33)27-15-18-11-7-9-13-22(18)34-4/h6-14H,5,15-16H2,1-4H3,(H,27,33)/t26-/m0/s1. The second kappa shape index (κ2) is 9.61. The second-order valence-corrected chi connectivity index (χ2v) is 8.49. The van der Waals surface area contributed by atoms with Crippen LogP contribution < -0.4 is 15.0 Å². The molecule has 1 N–H and O–H groups in total. The van der Waals surface area contributed by atoms with Gasteiger partial charge in [-0.3, -0.25) is 19.2 Å². The molecule has 182 valence electrons. The number of amides is 2. The van der Waals surface area contributed by atoms with Crippen molar-refractivity contribution >= 4 is 23.5 Å². The van der Waals surface area contributed by atoms with Gasteiger partial charge in [-0.05, 0) is 38.5 Å². The minimum atomic E-state index is -1.32. The Kier molecular flexibility index (Phi) is 6.59. The largest absolute Gasteiger partial charge is 0.496 e. The Morgan fingerprint density at radius 2 is 1.86 bits per heavy atom. The van der Waals surface area contributed by atoms with E-state index in [2.05, 4.69) is 10.4 Å². The minimum Gasteiger partial charge on any atom is -0.496 e. The van der Waals surface area contributed by atoms with Crippen LogP contribution >= 0.6 is 0 Å². The van der Waals surface area contributed by atoms with Crippen molar-refractivity contribution in [3.63, 3.8) is 0 Å². The number of esters is 1. The SMILES string of the molecule is CCOC(=O)c1cc2n(n1)C[C@@](C)(C(=O)NCc1ccccc1OC)N(c1ccccc1C)C2=O. The van der Waals surface area contributed by atoms with Gasteiger partial charge >= 0.3 is 5.97 Å². The van der Waals surface area contributed by atoms with Crippen molar-refractivity contribution in [3.8, 4) is 5.75 Å². The monoisotopic (exact) mass is 476 g/mol. The number of anilines is 1. The first-order valence-corrected chi connectivity index (χ1v) is 11.4. The molecule has 0 radical (unpaired) electrons. The van der Waals surface area contributed by atoms with Crippen molar-refractivity contribution in [1.29, 1.82) is 0 Å². The molecular weight excluding hydrogens is 448 g/mol. The van der Waals surface area contributed by atoms with Gasteiger partial charge in [-0.15, -0.1) is 0 Å². The van der Waals surface area contributed by atoms with Crippen LogP contribution in [0, 0.1) is 6.92 Å². The van der Waals surface area contributed by atoms with E-state index in [0.717, 1.165) is 11.1 Å². The van der Waals surface area contributed by atoms with Gasteiger partial charge in [-0.1, -0.05) is 36.4 Å². The number of rotatable bonds is 7. The molecule has 2 aromatic carbocycles. The Hall–Kier alpha value is -4.14. The molecule has 2 amide bonds. The van der Waals surface area contributed by atoms with Crippen LogP contribution in [0.1, 0.15) is 46.0 Å². The molecule has 0 fully saturated rings. The fourth-order valence-electron chi connectivity index (χ4n) is 4.29. The van der Waals surface area contributed by atoms with E-state index in [9.17, 15) is 14.4 Å². The van der Waals surface area contributed by atoms with Gasteiger partial charge in [0.1, 0.15) is 17.0 Å². The third-order valence-electron chi connectivity index (χ3n) is 6.12. The molecule has 1 aliphatic heterocycles. The molecule has 0 saturated carbocycles. The Labute approximate surface area is 203 Å². The number of aromatic nitrogens is 2. The molecule has 0 bridgehead atoms. The van der Waals surface area contributed by atoms with E-state index in [4.69, 9.17) is 9.47 Å². The second-order valence-electron chi connectivity index (χ2n) is 8.49. The number of hydrogen-bond acceptors (Lipinski definition) is 6. The topological polar surface area (TPSA) is 103 Å². The van der Waals surface area contributed by atoms with E-state index in [0.29, 0.717) is 11.4 Å². The summed E-state index contributed by atoms with van der Waals surface area (Å²) in [6, 6.07) is 16.2. The third kappa shape index (κ3) is 4.37. The van der Waals surface area contributed by atoms with Crippen molar-refractivity contribution in [2.24, 2.45) is 0 Å². The number of hydrogen-bond donors (Lipinski definition) is 1. The Morgan fingerprint density at radius 3 is 2.57 bits per heavy atom. The highest BCUT2D eigenvalue weighted by Crippen LogP contribution is 2.34. The van der Waals surface area contributed by atoms with Crippen LogP contribution in [-0.2, 0) is 22.6 Å². The molecular formula is C26H28N4O5. The van der Waals surface area contributed by atoms with Crippen molar-refractivity contribution in [2.75, 3.05) is 18.6 Å². The Bertz CT molecular complexity index is 1280. The van der Waals surface area contributed by atoms with Gasteiger partial charge in [0.05, 0.1) is 20.3 Å². The lowest BCUT2D eigenvalue weighted by atomic mass is 9.93. The molecule has 1 aromatic heterocycles. The molecule has 0 aliphatic carbocycles. The molecule has 1 aliphatic rings. The van der Waals surface area contributed by atoms with Crippen molar-refractivity contribution in [1.82, 2.24) is 15.1 Å². The highest BCUT2D eigenvalue weighted by molar-refractivity contribution is 6.12. The molecule has 4 rings (SSSR count). The lowest BCUT2D eigenvalue weighted by Crippen LogP contribution is -2.64. The van der Waals surface area contributed by atoms with Gasteiger partial charge in [0.2, 0.25) is 5.91 Å². The number of ether oxygens (including phenoxy) is 2. The maximum Gasteiger partial charge on any atom is 0.358 e. The summed E-state index contributed by atoms with van der Waals surface area (Å²) in [5.74, 6) is -0.753. The zero-order valence-corrected chi connectivity index (χ0v) is 20.2. The lowest BCUT2D eigenvalue weighted by molar-refractivity contribution is -0.126. The number of carbonyl (C=O) groups is 3. The van der Waals surface area contributed by atoms with E-state index in [1.54, 1.807) is 27.0 Å². The third-order valence-corrected chi connectivity index (χ3v) is 6.12. The first kappa shape index (κ1) is 24.0. The van der Waals surface area contributed by atoms with Crippen LogP contribution in [0.4, 0.5) is 5.69 Å². The van der Waals surface area contributed by atoms with Crippen LogP contribution in [0.5, 0.6) is 5.75 Å². The number of carbonyl (C=O) groups excluding carboxylic acids is 3. The van der Waals surface area contributed by atoms with Gasteiger partial charge in [-0.2, -0.15) is 5.10 Å². The summed E-state index contributed by atoms with van der Waals surface area (Å²) >= 11 is 0.